The number of carbonyl (C=O) groups excluding carboxylic acids is 1. The van der Waals surface area contributed by atoms with Crippen LogP contribution in [-0.4, -0.2) is 49.2 Å². The van der Waals surface area contributed by atoms with E-state index >= 15 is 0 Å². The molecule has 6 nitrogen and oxygen atoms in total. The number of halogens is 1. The Bertz CT molecular complexity index is 494. The van der Waals surface area contributed by atoms with E-state index < -0.39 is 5.97 Å². The van der Waals surface area contributed by atoms with Crippen molar-refractivity contribution in [3.63, 3.8) is 0 Å². The minimum atomic E-state index is -1.04. The number of hydrogen-bond donors (Lipinski definition) is 3. The molecular weight excluding hydrogens is 326 g/mol. The second kappa shape index (κ2) is 7.86. The highest BCUT2D eigenvalue weighted by Gasteiger charge is 2.11. The number of rotatable bonds is 6. The fraction of sp³-hybridized carbons (Fsp3) is 0.385. The van der Waals surface area contributed by atoms with Crippen LogP contribution in [-0.2, 0) is 0 Å². The predicted octanol–water partition coefficient (Wildman–Crippen LogP) is 2.22. The summed E-state index contributed by atoms with van der Waals surface area (Å²) in [7, 11) is 3.55. The summed E-state index contributed by atoms with van der Waals surface area (Å²) in [5.41, 5.74) is 0.565. The maximum atomic E-state index is 11.9. The lowest BCUT2D eigenvalue weighted by Gasteiger charge is -2.18. The number of carboxylic acids is 1. The van der Waals surface area contributed by atoms with Crippen molar-refractivity contribution in [2.75, 3.05) is 32.5 Å². The third-order valence-corrected chi connectivity index (χ3v) is 3.12. The topological polar surface area (TPSA) is 81.7 Å². The largest absolute Gasteiger partial charge is 0.478 e. The average molecular weight is 344 g/mol. The van der Waals surface area contributed by atoms with Crippen molar-refractivity contribution < 1.29 is 14.7 Å². The highest BCUT2D eigenvalue weighted by molar-refractivity contribution is 9.10. The molecule has 0 radical (unpaired) electrons. The van der Waals surface area contributed by atoms with Crippen molar-refractivity contribution in [1.82, 2.24) is 10.2 Å². The minimum Gasteiger partial charge on any atom is -0.478 e. The maximum absolute atomic E-state index is 11.9. The first-order valence-corrected chi connectivity index (χ1v) is 6.94. The van der Waals surface area contributed by atoms with Gasteiger partial charge in [-0.2, -0.15) is 0 Å². The summed E-state index contributed by atoms with van der Waals surface area (Å²) in [6, 6.07) is 4.29. The Kier molecular flexibility index (Phi) is 6.47. The van der Waals surface area contributed by atoms with Crippen molar-refractivity contribution in [3.05, 3.63) is 28.2 Å². The Balaban J connectivity index is 2.67. The fourth-order valence-electron chi connectivity index (χ4n) is 1.60. The molecule has 110 valence electrons. The molecular formula is C13H18BrN3O3. The number of amides is 2. The Hall–Kier alpha value is -1.60. The van der Waals surface area contributed by atoms with Crippen LogP contribution in [0.15, 0.2) is 22.7 Å². The summed E-state index contributed by atoms with van der Waals surface area (Å²) >= 11 is 3.22. The van der Waals surface area contributed by atoms with Gasteiger partial charge in [0.15, 0.2) is 0 Å². The van der Waals surface area contributed by atoms with E-state index in [1.807, 2.05) is 7.05 Å². The van der Waals surface area contributed by atoms with E-state index in [2.05, 4.69) is 26.6 Å². The lowest BCUT2D eigenvalue weighted by atomic mass is 10.2. The van der Waals surface area contributed by atoms with E-state index in [1.165, 1.54) is 12.1 Å². The molecule has 0 heterocycles. The molecule has 0 aliphatic rings. The van der Waals surface area contributed by atoms with E-state index in [0.29, 0.717) is 16.7 Å². The van der Waals surface area contributed by atoms with Gasteiger partial charge >= 0.3 is 12.0 Å². The zero-order valence-corrected chi connectivity index (χ0v) is 13.0. The molecule has 1 rings (SSSR count). The molecule has 0 saturated heterocycles. The van der Waals surface area contributed by atoms with Gasteiger partial charge < -0.3 is 20.6 Å². The lowest BCUT2D eigenvalue weighted by Crippen LogP contribution is -2.33. The Morgan fingerprint density at radius 2 is 2.05 bits per heavy atom. The fourth-order valence-corrected chi connectivity index (χ4v) is 2.09. The van der Waals surface area contributed by atoms with Crippen molar-refractivity contribution in [1.29, 1.82) is 0 Å². The van der Waals surface area contributed by atoms with Crippen LogP contribution in [0.5, 0.6) is 0 Å². The van der Waals surface area contributed by atoms with Gasteiger partial charge in [-0.25, -0.2) is 9.59 Å². The molecule has 0 aliphatic heterocycles. The standard InChI is InChI=1S/C13H18BrN3O3/c1-15-4-3-5-17(2)13(20)16-11-7-9(12(18)19)6-10(14)8-11/h6-8,15H,3-5H2,1-2H3,(H,16,20)(H,18,19). The number of anilines is 1. The summed E-state index contributed by atoms with van der Waals surface area (Å²) < 4.78 is 0.602. The van der Waals surface area contributed by atoms with Crippen LogP contribution >= 0.6 is 15.9 Å². The monoisotopic (exact) mass is 343 g/mol. The average Bonchev–Trinajstić information content (AvgIpc) is 2.38. The number of hydrogen-bond acceptors (Lipinski definition) is 3. The highest BCUT2D eigenvalue weighted by atomic mass is 79.9. The smallest absolute Gasteiger partial charge is 0.335 e. The third kappa shape index (κ3) is 5.18. The van der Waals surface area contributed by atoms with Gasteiger partial charge in [-0.3, -0.25) is 0 Å². The van der Waals surface area contributed by atoms with E-state index in [0.717, 1.165) is 13.0 Å². The van der Waals surface area contributed by atoms with Gasteiger partial charge in [-0.1, -0.05) is 15.9 Å². The van der Waals surface area contributed by atoms with Gasteiger partial charge in [-0.05, 0) is 38.2 Å². The molecule has 3 N–H and O–H groups in total. The maximum Gasteiger partial charge on any atom is 0.335 e. The second-order valence-electron chi connectivity index (χ2n) is 4.34. The number of carbonyl (C=O) groups is 2. The summed E-state index contributed by atoms with van der Waals surface area (Å²) in [6.07, 6.45) is 0.847. The minimum absolute atomic E-state index is 0.118. The van der Waals surface area contributed by atoms with Gasteiger partial charge in [0, 0.05) is 23.8 Å². The predicted molar refractivity (Wildman–Crippen MR) is 81.3 cm³/mol. The van der Waals surface area contributed by atoms with Gasteiger partial charge in [0.25, 0.3) is 0 Å². The summed E-state index contributed by atoms with van der Waals surface area (Å²) in [5.74, 6) is -1.04. The first-order valence-electron chi connectivity index (χ1n) is 6.14. The molecule has 1 aromatic carbocycles. The van der Waals surface area contributed by atoms with Crippen molar-refractivity contribution in [2.45, 2.75) is 6.42 Å². The van der Waals surface area contributed by atoms with Gasteiger partial charge in [-0.15, -0.1) is 0 Å². The van der Waals surface area contributed by atoms with Crippen LogP contribution in [0.1, 0.15) is 16.8 Å². The van der Waals surface area contributed by atoms with Gasteiger partial charge in [0.2, 0.25) is 0 Å². The molecule has 0 fully saturated rings. The van der Waals surface area contributed by atoms with Crippen LogP contribution in [0.2, 0.25) is 0 Å². The molecule has 0 atom stereocenters. The second-order valence-corrected chi connectivity index (χ2v) is 5.26. The Labute approximate surface area is 126 Å². The molecule has 0 aliphatic carbocycles. The first-order chi connectivity index (χ1) is 9.43. The number of aromatic carboxylic acids is 1. The van der Waals surface area contributed by atoms with Crippen molar-refractivity contribution in [3.8, 4) is 0 Å². The summed E-state index contributed by atoms with van der Waals surface area (Å²) in [6.45, 7) is 1.45. The normalized spacial score (nSPS) is 10.2. The van der Waals surface area contributed by atoms with E-state index in [4.69, 9.17) is 5.11 Å². The highest BCUT2D eigenvalue weighted by Crippen LogP contribution is 2.20. The Morgan fingerprint density at radius 3 is 2.65 bits per heavy atom. The molecule has 0 saturated carbocycles. The zero-order valence-electron chi connectivity index (χ0n) is 11.4. The van der Waals surface area contributed by atoms with Crippen LogP contribution in [0.4, 0.5) is 10.5 Å². The number of urea groups is 1. The third-order valence-electron chi connectivity index (χ3n) is 2.66. The van der Waals surface area contributed by atoms with Crippen molar-refractivity contribution in [2.24, 2.45) is 0 Å². The molecule has 0 aromatic heterocycles. The van der Waals surface area contributed by atoms with Crippen molar-refractivity contribution >= 4 is 33.6 Å². The van der Waals surface area contributed by atoms with Crippen LogP contribution in [0.3, 0.4) is 0 Å². The SMILES string of the molecule is CNCCCN(C)C(=O)Nc1cc(Br)cc(C(=O)O)c1. The molecule has 7 heteroatoms. The van der Waals surface area contributed by atoms with Gasteiger partial charge in [0.05, 0.1) is 5.56 Å². The molecule has 2 amide bonds. The van der Waals surface area contributed by atoms with E-state index in [1.54, 1.807) is 18.0 Å². The molecule has 0 unspecified atom stereocenters. The van der Waals surface area contributed by atoms with E-state index in [9.17, 15) is 9.59 Å². The molecule has 0 spiro atoms. The number of carboxylic acid groups (broad SMARTS) is 1. The zero-order chi connectivity index (χ0) is 15.1. The lowest BCUT2D eigenvalue weighted by molar-refractivity contribution is 0.0697. The summed E-state index contributed by atoms with van der Waals surface area (Å²) in [4.78, 5) is 24.4. The number of nitrogens with one attached hydrogen (secondary N) is 2. The molecule has 0 bridgehead atoms. The quantitative estimate of drug-likeness (QED) is 0.691. The number of nitrogens with zero attached hydrogens (tertiary/aromatic N) is 1. The van der Waals surface area contributed by atoms with Crippen LogP contribution in [0.25, 0.3) is 0 Å². The van der Waals surface area contributed by atoms with E-state index in [-0.39, 0.29) is 11.6 Å². The number of benzene rings is 1. The molecule has 20 heavy (non-hydrogen) atoms. The first kappa shape index (κ1) is 16.5. The van der Waals surface area contributed by atoms with Gasteiger partial charge in [0.1, 0.15) is 0 Å². The van der Waals surface area contributed by atoms with Crippen LogP contribution < -0.4 is 10.6 Å². The molecule has 1 aromatic rings. The Morgan fingerprint density at radius 1 is 1.35 bits per heavy atom. The summed E-state index contributed by atoms with van der Waals surface area (Å²) in [5, 5.41) is 14.7. The van der Waals surface area contributed by atoms with Crippen LogP contribution in [0, 0.1) is 0 Å².